The average Bonchev–Trinajstić information content (AvgIpc) is 3.28. The minimum atomic E-state index is 0.134. The predicted molar refractivity (Wildman–Crippen MR) is 108 cm³/mol. The molecule has 1 aliphatic heterocycles. The molecule has 3 heterocycles. The Labute approximate surface area is 164 Å². The first-order chi connectivity index (χ1) is 13.0. The fourth-order valence-electron chi connectivity index (χ4n) is 2.90. The van der Waals surface area contributed by atoms with Crippen molar-refractivity contribution in [2.45, 2.75) is 39.1 Å². The van der Waals surface area contributed by atoms with Crippen LogP contribution < -0.4 is 10.6 Å². The summed E-state index contributed by atoms with van der Waals surface area (Å²) < 4.78 is 7.90. The van der Waals surface area contributed by atoms with E-state index < -0.39 is 0 Å². The van der Waals surface area contributed by atoms with E-state index in [9.17, 15) is 0 Å². The summed E-state index contributed by atoms with van der Waals surface area (Å²) in [6.45, 7) is 7.93. The number of aryl methyl sites for hydroxylation is 1. The number of morpholine rings is 1. The Bertz CT molecular complexity index is 743. The highest BCUT2D eigenvalue weighted by atomic mass is 32.1. The second-order valence-electron chi connectivity index (χ2n) is 6.92. The summed E-state index contributed by atoms with van der Waals surface area (Å²) in [6.07, 6.45) is 0.134. The first-order valence-corrected chi connectivity index (χ1v) is 10.1. The number of aromatic nitrogens is 3. The minimum Gasteiger partial charge on any atom is -0.373 e. The van der Waals surface area contributed by atoms with Crippen molar-refractivity contribution < 1.29 is 4.74 Å². The zero-order valence-corrected chi connectivity index (χ0v) is 17.3. The maximum Gasteiger partial charge on any atom is 0.192 e. The van der Waals surface area contributed by atoms with Crippen molar-refractivity contribution in [3.8, 4) is 0 Å². The van der Waals surface area contributed by atoms with Crippen molar-refractivity contribution in [3.63, 3.8) is 0 Å². The largest absolute Gasteiger partial charge is 0.373 e. The maximum absolute atomic E-state index is 5.94. The summed E-state index contributed by atoms with van der Waals surface area (Å²) >= 11 is 1.73. The molecule has 1 aliphatic rings. The third-order valence-electron chi connectivity index (χ3n) is 4.79. The van der Waals surface area contributed by atoms with Crippen LogP contribution in [0.1, 0.15) is 23.4 Å². The van der Waals surface area contributed by atoms with Crippen LogP contribution in [0.4, 0.5) is 0 Å². The predicted octanol–water partition coefficient (Wildman–Crippen LogP) is 1.14. The first kappa shape index (κ1) is 19.8. The van der Waals surface area contributed by atoms with E-state index in [2.05, 4.69) is 57.2 Å². The van der Waals surface area contributed by atoms with Crippen LogP contribution in [0.5, 0.6) is 0 Å². The SMILES string of the molecule is Cc1nnc(CN=C(NCc2cccs2)NC(C)C2CN(C)CCO2)n1C. The molecule has 0 amide bonds. The number of guanidine groups is 1. The molecule has 2 N–H and O–H groups in total. The molecule has 1 saturated heterocycles. The summed E-state index contributed by atoms with van der Waals surface area (Å²) in [7, 11) is 4.09. The summed E-state index contributed by atoms with van der Waals surface area (Å²) in [5.74, 6) is 2.48. The number of nitrogens with zero attached hydrogens (tertiary/aromatic N) is 5. The molecule has 0 aliphatic carbocycles. The van der Waals surface area contributed by atoms with E-state index >= 15 is 0 Å². The lowest BCUT2D eigenvalue weighted by atomic mass is 10.1. The summed E-state index contributed by atoms with van der Waals surface area (Å²) in [5.41, 5.74) is 0. The van der Waals surface area contributed by atoms with Gasteiger partial charge in [-0.2, -0.15) is 0 Å². The van der Waals surface area contributed by atoms with Gasteiger partial charge in [-0.25, -0.2) is 4.99 Å². The third kappa shape index (κ3) is 5.50. The molecule has 0 spiro atoms. The second kappa shape index (κ2) is 9.29. The van der Waals surface area contributed by atoms with Gasteiger partial charge in [-0.15, -0.1) is 21.5 Å². The molecule has 0 bridgehead atoms. The molecule has 0 saturated carbocycles. The summed E-state index contributed by atoms with van der Waals surface area (Å²) in [6, 6.07) is 4.32. The van der Waals surface area contributed by atoms with Gasteiger partial charge in [0.25, 0.3) is 0 Å². The molecule has 3 rings (SSSR count). The zero-order valence-electron chi connectivity index (χ0n) is 16.5. The lowest BCUT2D eigenvalue weighted by molar-refractivity contribution is -0.0324. The molecule has 2 aromatic rings. The normalized spacial score (nSPS) is 19.9. The van der Waals surface area contributed by atoms with Crippen LogP contribution in [0.2, 0.25) is 0 Å². The quantitative estimate of drug-likeness (QED) is 0.568. The zero-order chi connectivity index (χ0) is 19.2. The Morgan fingerprint density at radius 1 is 1.44 bits per heavy atom. The Hall–Kier alpha value is -1.97. The molecule has 2 aromatic heterocycles. The van der Waals surface area contributed by atoms with Crippen LogP contribution in [-0.4, -0.2) is 64.5 Å². The van der Waals surface area contributed by atoms with Gasteiger partial charge in [0.2, 0.25) is 0 Å². The lowest BCUT2D eigenvalue weighted by Gasteiger charge is -2.34. The Morgan fingerprint density at radius 2 is 2.30 bits per heavy atom. The van der Waals surface area contributed by atoms with Crippen LogP contribution in [0.25, 0.3) is 0 Å². The van der Waals surface area contributed by atoms with E-state index in [1.807, 2.05) is 18.5 Å². The first-order valence-electron chi connectivity index (χ1n) is 9.25. The summed E-state index contributed by atoms with van der Waals surface area (Å²) in [4.78, 5) is 8.29. The highest BCUT2D eigenvalue weighted by Crippen LogP contribution is 2.09. The van der Waals surface area contributed by atoms with Gasteiger partial charge in [-0.3, -0.25) is 0 Å². The van der Waals surface area contributed by atoms with Gasteiger partial charge in [-0.1, -0.05) is 6.07 Å². The van der Waals surface area contributed by atoms with Crippen molar-refractivity contribution in [1.29, 1.82) is 0 Å². The van der Waals surface area contributed by atoms with Gasteiger partial charge in [0, 0.05) is 25.0 Å². The molecule has 2 unspecified atom stereocenters. The Balaban J connectivity index is 1.66. The van der Waals surface area contributed by atoms with E-state index in [0.717, 1.165) is 43.8 Å². The molecular weight excluding hydrogens is 362 g/mol. The van der Waals surface area contributed by atoms with Crippen molar-refractivity contribution in [1.82, 2.24) is 30.3 Å². The van der Waals surface area contributed by atoms with Crippen molar-refractivity contribution in [3.05, 3.63) is 34.0 Å². The number of rotatable bonds is 6. The maximum atomic E-state index is 5.94. The number of aliphatic imine (C=N–C) groups is 1. The van der Waals surface area contributed by atoms with Gasteiger partial charge in [0.15, 0.2) is 11.8 Å². The Kier molecular flexibility index (Phi) is 6.81. The van der Waals surface area contributed by atoms with Gasteiger partial charge in [0.1, 0.15) is 12.4 Å². The molecule has 148 valence electrons. The van der Waals surface area contributed by atoms with Crippen LogP contribution >= 0.6 is 11.3 Å². The topological polar surface area (TPSA) is 79.6 Å². The van der Waals surface area contributed by atoms with Gasteiger partial charge in [0.05, 0.1) is 25.3 Å². The second-order valence-corrected chi connectivity index (χ2v) is 7.96. The standard InChI is InChI=1S/C18H29N7OS/c1-13(16-12-24(3)7-8-26-16)21-18(19-10-15-6-5-9-27-15)20-11-17-23-22-14(2)25(17)4/h5-6,9,13,16H,7-8,10-12H2,1-4H3,(H2,19,20,21). The van der Waals surface area contributed by atoms with Gasteiger partial charge < -0.3 is 24.8 Å². The lowest BCUT2D eigenvalue weighted by Crippen LogP contribution is -2.53. The molecule has 9 heteroatoms. The van der Waals surface area contributed by atoms with Crippen LogP contribution in [0, 0.1) is 6.92 Å². The number of nitrogens with one attached hydrogen (secondary N) is 2. The van der Waals surface area contributed by atoms with Crippen molar-refractivity contribution >= 4 is 17.3 Å². The number of thiophene rings is 1. The third-order valence-corrected chi connectivity index (χ3v) is 5.67. The number of hydrogen-bond acceptors (Lipinski definition) is 6. The fourth-order valence-corrected chi connectivity index (χ4v) is 3.54. The molecule has 1 fully saturated rings. The van der Waals surface area contributed by atoms with Gasteiger partial charge in [-0.05, 0) is 32.3 Å². The highest BCUT2D eigenvalue weighted by molar-refractivity contribution is 7.09. The fraction of sp³-hybridized carbons (Fsp3) is 0.611. The van der Waals surface area contributed by atoms with E-state index in [0.29, 0.717) is 6.54 Å². The molecular formula is C18H29N7OS. The van der Waals surface area contributed by atoms with Crippen molar-refractivity contribution in [2.24, 2.45) is 12.0 Å². The molecule has 27 heavy (non-hydrogen) atoms. The van der Waals surface area contributed by atoms with E-state index in [-0.39, 0.29) is 12.1 Å². The molecule has 0 aromatic carbocycles. The van der Waals surface area contributed by atoms with Crippen molar-refractivity contribution in [2.75, 3.05) is 26.7 Å². The number of hydrogen-bond donors (Lipinski definition) is 2. The van der Waals surface area contributed by atoms with E-state index in [4.69, 9.17) is 9.73 Å². The van der Waals surface area contributed by atoms with E-state index in [1.165, 1.54) is 4.88 Å². The molecule has 0 radical (unpaired) electrons. The number of ether oxygens (including phenoxy) is 1. The van der Waals surface area contributed by atoms with E-state index in [1.54, 1.807) is 11.3 Å². The van der Waals surface area contributed by atoms with Gasteiger partial charge >= 0.3 is 0 Å². The smallest absolute Gasteiger partial charge is 0.192 e. The van der Waals surface area contributed by atoms with Crippen LogP contribution in [0.3, 0.4) is 0 Å². The Morgan fingerprint density at radius 3 is 2.96 bits per heavy atom. The van der Waals surface area contributed by atoms with Crippen LogP contribution in [0.15, 0.2) is 22.5 Å². The average molecular weight is 392 g/mol. The minimum absolute atomic E-state index is 0.134. The van der Waals surface area contributed by atoms with Crippen LogP contribution in [-0.2, 0) is 24.9 Å². The molecule has 8 nitrogen and oxygen atoms in total. The molecule has 2 atom stereocenters. The number of likely N-dealkylation sites (N-methyl/N-ethyl adjacent to an activating group) is 1. The summed E-state index contributed by atoms with van der Waals surface area (Å²) in [5, 5.41) is 17.3. The monoisotopic (exact) mass is 391 g/mol. The highest BCUT2D eigenvalue weighted by Gasteiger charge is 2.24.